The molecule has 6 nitrogen and oxygen atoms in total. The van der Waals surface area contributed by atoms with Crippen molar-refractivity contribution >= 4 is 21.8 Å². The largest absolute Gasteiger partial charge is 0.494 e. The van der Waals surface area contributed by atoms with Crippen LogP contribution in [0.5, 0.6) is 5.75 Å². The SMILES string of the molecule is CCn1c(=O)c2cnc3c(OC)cccc3c2n(CC(C)(C)C)c1=O. The summed E-state index contributed by atoms with van der Waals surface area (Å²) < 4.78 is 8.35. The van der Waals surface area contributed by atoms with E-state index in [0.717, 1.165) is 5.39 Å². The molecule has 0 saturated carbocycles. The van der Waals surface area contributed by atoms with Gasteiger partial charge in [-0.2, -0.15) is 0 Å². The first-order valence-electron chi connectivity index (χ1n) is 8.37. The van der Waals surface area contributed by atoms with Gasteiger partial charge in [-0.3, -0.25) is 18.9 Å². The Balaban J connectivity index is 2.58. The van der Waals surface area contributed by atoms with E-state index in [0.29, 0.717) is 35.3 Å². The number of nitrogens with zero attached hydrogens (tertiary/aromatic N) is 3. The van der Waals surface area contributed by atoms with Gasteiger partial charge < -0.3 is 4.74 Å². The Morgan fingerprint density at radius 3 is 2.44 bits per heavy atom. The third-order valence-electron chi connectivity index (χ3n) is 4.21. The van der Waals surface area contributed by atoms with E-state index in [4.69, 9.17) is 4.74 Å². The highest BCUT2D eigenvalue weighted by atomic mass is 16.5. The molecule has 25 heavy (non-hydrogen) atoms. The fourth-order valence-electron chi connectivity index (χ4n) is 3.17. The van der Waals surface area contributed by atoms with E-state index in [2.05, 4.69) is 25.8 Å². The van der Waals surface area contributed by atoms with E-state index < -0.39 is 0 Å². The third kappa shape index (κ3) is 2.81. The molecule has 6 heteroatoms. The standard InChI is InChI=1S/C19H23N3O3/c1-6-21-17(23)13-10-20-15-12(8-7-9-14(15)25-5)16(13)22(18(21)24)11-19(2,3)4/h7-10H,6,11H2,1-5H3. The molecule has 2 aromatic heterocycles. The van der Waals surface area contributed by atoms with Crippen LogP contribution in [0.25, 0.3) is 21.8 Å². The maximum atomic E-state index is 13.0. The summed E-state index contributed by atoms with van der Waals surface area (Å²) in [6.07, 6.45) is 1.55. The topological polar surface area (TPSA) is 66.1 Å². The van der Waals surface area contributed by atoms with Gasteiger partial charge in [0.1, 0.15) is 11.3 Å². The molecule has 2 heterocycles. The Bertz CT molecular complexity index is 1070. The van der Waals surface area contributed by atoms with Gasteiger partial charge in [-0.15, -0.1) is 0 Å². The number of methoxy groups -OCH3 is 1. The van der Waals surface area contributed by atoms with E-state index >= 15 is 0 Å². The van der Waals surface area contributed by atoms with E-state index in [-0.39, 0.29) is 16.7 Å². The zero-order chi connectivity index (χ0) is 18.4. The minimum absolute atomic E-state index is 0.124. The highest BCUT2D eigenvalue weighted by molar-refractivity contribution is 6.04. The number of rotatable bonds is 3. The summed E-state index contributed by atoms with van der Waals surface area (Å²) in [4.78, 5) is 30.2. The molecule has 1 aromatic carbocycles. The molecule has 0 atom stereocenters. The van der Waals surface area contributed by atoms with E-state index in [1.54, 1.807) is 24.8 Å². The summed E-state index contributed by atoms with van der Waals surface area (Å²) in [6, 6.07) is 5.54. The number of fused-ring (bicyclic) bond motifs is 3. The summed E-state index contributed by atoms with van der Waals surface area (Å²) in [5, 5.41) is 1.20. The fourth-order valence-corrected chi connectivity index (χ4v) is 3.17. The van der Waals surface area contributed by atoms with Gasteiger partial charge in [0.05, 0.1) is 18.0 Å². The Labute approximate surface area is 145 Å². The number of hydrogen-bond donors (Lipinski definition) is 0. The summed E-state index contributed by atoms with van der Waals surface area (Å²) in [5.74, 6) is 0.619. The average Bonchev–Trinajstić information content (AvgIpc) is 2.56. The summed E-state index contributed by atoms with van der Waals surface area (Å²) in [6.45, 7) is 8.82. The molecular formula is C19H23N3O3. The van der Waals surface area contributed by atoms with Crippen molar-refractivity contribution in [1.29, 1.82) is 0 Å². The zero-order valence-electron chi connectivity index (χ0n) is 15.3. The van der Waals surface area contributed by atoms with Crippen molar-refractivity contribution in [3.05, 3.63) is 45.2 Å². The first-order valence-corrected chi connectivity index (χ1v) is 8.37. The Morgan fingerprint density at radius 2 is 1.84 bits per heavy atom. The maximum Gasteiger partial charge on any atom is 0.331 e. The second-order valence-corrected chi connectivity index (χ2v) is 7.36. The molecule has 3 aromatic rings. The number of benzene rings is 1. The second kappa shape index (κ2) is 6.02. The number of ether oxygens (including phenoxy) is 1. The van der Waals surface area contributed by atoms with Crippen molar-refractivity contribution in [3.8, 4) is 5.75 Å². The molecule has 132 valence electrons. The van der Waals surface area contributed by atoms with Gasteiger partial charge in [-0.25, -0.2) is 4.79 Å². The second-order valence-electron chi connectivity index (χ2n) is 7.36. The van der Waals surface area contributed by atoms with Gasteiger partial charge in [-0.05, 0) is 18.4 Å². The smallest absolute Gasteiger partial charge is 0.331 e. The van der Waals surface area contributed by atoms with Crippen molar-refractivity contribution in [2.75, 3.05) is 7.11 Å². The van der Waals surface area contributed by atoms with Crippen LogP contribution in [0.15, 0.2) is 34.0 Å². The predicted molar refractivity (Wildman–Crippen MR) is 99.5 cm³/mol. The zero-order valence-corrected chi connectivity index (χ0v) is 15.3. The number of hydrogen-bond acceptors (Lipinski definition) is 4. The molecule has 0 spiro atoms. The molecular weight excluding hydrogens is 318 g/mol. The lowest BCUT2D eigenvalue weighted by molar-refractivity contribution is 0.337. The monoisotopic (exact) mass is 341 g/mol. The number of aromatic nitrogens is 3. The van der Waals surface area contributed by atoms with Crippen LogP contribution in [0.3, 0.4) is 0 Å². The predicted octanol–water partition coefficient (Wildman–Crippen LogP) is 2.79. The van der Waals surface area contributed by atoms with Gasteiger partial charge >= 0.3 is 5.69 Å². The molecule has 0 N–H and O–H groups in total. The van der Waals surface area contributed by atoms with Crippen LogP contribution in [0.1, 0.15) is 27.7 Å². The average molecular weight is 341 g/mol. The summed E-state index contributed by atoms with van der Waals surface area (Å²) in [7, 11) is 1.58. The van der Waals surface area contributed by atoms with Crippen molar-refractivity contribution in [2.45, 2.75) is 40.8 Å². The number of pyridine rings is 1. The Hall–Kier alpha value is -2.63. The molecule has 0 fully saturated rings. The van der Waals surface area contributed by atoms with Gasteiger partial charge in [-0.1, -0.05) is 32.9 Å². The molecule has 0 unspecified atom stereocenters. The normalized spacial score (nSPS) is 12.0. The molecule has 0 radical (unpaired) electrons. The maximum absolute atomic E-state index is 13.0. The van der Waals surface area contributed by atoms with Crippen LogP contribution in [-0.2, 0) is 13.1 Å². The van der Waals surface area contributed by atoms with Crippen molar-refractivity contribution in [3.63, 3.8) is 0 Å². The third-order valence-corrected chi connectivity index (χ3v) is 4.21. The summed E-state index contributed by atoms with van der Waals surface area (Å²) in [5.41, 5.74) is 0.558. The van der Waals surface area contributed by atoms with Crippen LogP contribution in [0.4, 0.5) is 0 Å². The highest BCUT2D eigenvalue weighted by Gasteiger charge is 2.20. The van der Waals surface area contributed by atoms with Crippen LogP contribution in [0, 0.1) is 5.41 Å². The molecule has 0 bridgehead atoms. The molecule has 0 amide bonds. The van der Waals surface area contributed by atoms with Crippen LogP contribution >= 0.6 is 0 Å². The van der Waals surface area contributed by atoms with Gasteiger partial charge in [0.25, 0.3) is 5.56 Å². The van der Waals surface area contributed by atoms with Crippen LogP contribution in [-0.4, -0.2) is 21.2 Å². The van der Waals surface area contributed by atoms with Crippen LogP contribution < -0.4 is 16.0 Å². The minimum atomic E-state index is -0.301. The van der Waals surface area contributed by atoms with Gasteiger partial charge in [0.15, 0.2) is 0 Å². The molecule has 0 aliphatic heterocycles. The van der Waals surface area contributed by atoms with E-state index in [9.17, 15) is 9.59 Å². The highest BCUT2D eigenvalue weighted by Crippen LogP contribution is 2.29. The van der Waals surface area contributed by atoms with Crippen molar-refractivity contribution < 1.29 is 4.74 Å². The first kappa shape index (κ1) is 17.2. The van der Waals surface area contributed by atoms with E-state index in [1.807, 2.05) is 18.2 Å². The fraction of sp³-hybridized carbons (Fsp3) is 0.421. The molecule has 0 saturated heterocycles. The number of para-hydroxylation sites is 1. The lowest BCUT2D eigenvalue weighted by atomic mass is 9.96. The first-order chi connectivity index (χ1) is 11.8. The molecule has 0 aliphatic carbocycles. The minimum Gasteiger partial charge on any atom is -0.494 e. The lowest BCUT2D eigenvalue weighted by Gasteiger charge is -2.23. The van der Waals surface area contributed by atoms with Gasteiger partial charge in [0.2, 0.25) is 0 Å². The van der Waals surface area contributed by atoms with Crippen molar-refractivity contribution in [2.24, 2.45) is 5.41 Å². The Morgan fingerprint density at radius 1 is 1.12 bits per heavy atom. The van der Waals surface area contributed by atoms with E-state index in [1.165, 1.54) is 4.57 Å². The van der Waals surface area contributed by atoms with Crippen molar-refractivity contribution in [1.82, 2.24) is 14.1 Å². The molecule has 0 aliphatic rings. The molecule has 3 rings (SSSR count). The van der Waals surface area contributed by atoms with Gasteiger partial charge in [0, 0.05) is 24.7 Å². The van der Waals surface area contributed by atoms with Crippen LogP contribution in [0.2, 0.25) is 0 Å². The summed E-state index contributed by atoms with van der Waals surface area (Å²) >= 11 is 0. The lowest BCUT2D eigenvalue weighted by Crippen LogP contribution is -2.41. The Kier molecular flexibility index (Phi) is 4.14. The quantitative estimate of drug-likeness (QED) is 0.687.